The van der Waals surface area contributed by atoms with E-state index in [0.29, 0.717) is 10.7 Å². The first-order valence-electron chi connectivity index (χ1n) is 9.14. The van der Waals surface area contributed by atoms with Gasteiger partial charge in [-0.1, -0.05) is 26.0 Å². The maximum atomic E-state index is 12.5. The lowest BCUT2D eigenvalue weighted by Crippen LogP contribution is -2.35. The number of anilines is 1. The zero-order chi connectivity index (χ0) is 19.4. The number of likely N-dealkylation sites (tertiary alicyclic amines) is 1. The highest BCUT2D eigenvalue weighted by atomic mass is 32.1. The maximum Gasteiger partial charge on any atom is 0.257 e. The van der Waals surface area contributed by atoms with Crippen molar-refractivity contribution in [3.8, 4) is 0 Å². The number of carbonyl (C=O) groups excluding carboxylic acids is 2. The molecule has 1 aliphatic heterocycles. The maximum absolute atomic E-state index is 12.5. The molecule has 1 unspecified atom stereocenters. The van der Waals surface area contributed by atoms with Crippen molar-refractivity contribution in [1.82, 2.24) is 19.6 Å². The van der Waals surface area contributed by atoms with Crippen molar-refractivity contribution in [3.05, 3.63) is 41.2 Å². The van der Waals surface area contributed by atoms with E-state index in [0.717, 1.165) is 37.4 Å². The Labute approximate surface area is 163 Å². The molecule has 1 aliphatic rings. The Morgan fingerprint density at radius 3 is 2.89 bits per heavy atom. The second-order valence-electron chi connectivity index (χ2n) is 7.19. The number of nitrogens with zero attached hydrogens (tertiary/aromatic N) is 3. The molecule has 2 amide bonds. The van der Waals surface area contributed by atoms with Crippen molar-refractivity contribution in [2.75, 3.05) is 18.4 Å². The van der Waals surface area contributed by atoms with Crippen LogP contribution in [0.1, 0.15) is 54.9 Å². The van der Waals surface area contributed by atoms with Crippen LogP contribution in [0, 0.1) is 0 Å². The van der Waals surface area contributed by atoms with Gasteiger partial charge < -0.3 is 5.32 Å². The molecule has 0 radical (unpaired) electrons. The highest BCUT2D eigenvalue weighted by Crippen LogP contribution is 2.19. The van der Waals surface area contributed by atoms with Crippen molar-refractivity contribution < 1.29 is 9.59 Å². The molecule has 1 saturated heterocycles. The quantitative estimate of drug-likeness (QED) is 0.796. The Bertz CT molecular complexity index is 820. The summed E-state index contributed by atoms with van der Waals surface area (Å²) in [5, 5.41) is 6.32. The van der Waals surface area contributed by atoms with Crippen molar-refractivity contribution in [2.24, 2.45) is 0 Å². The molecular formula is C19H25N5O2S. The summed E-state index contributed by atoms with van der Waals surface area (Å²) in [7, 11) is 0. The van der Waals surface area contributed by atoms with Crippen molar-refractivity contribution in [2.45, 2.75) is 45.7 Å². The first-order valence-corrected chi connectivity index (χ1v) is 9.91. The molecule has 0 aliphatic carbocycles. The second kappa shape index (κ2) is 8.58. The minimum absolute atomic E-state index is 0.0119. The fourth-order valence-corrected chi connectivity index (χ4v) is 3.84. The number of rotatable bonds is 6. The number of nitrogens with one attached hydrogen (secondary N) is 2. The Morgan fingerprint density at radius 2 is 2.19 bits per heavy atom. The molecule has 8 heteroatoms. The average molecular weight is 388 g/mol. The molecule has 7 nitrogen and oxygen atoms in total. The highest BCUT2D eigenvalue weighted by Gasteiger charge is 2.23. The topological polar surface area (TPSA) is 87.2 Å². The van der Waals surface area contributed by atoms with Gasteiger partial charge in [-0.2, -0.15) is 4.37 Å². The van der Waals surface area contributed by atoms with E-state index in [2.05, 4.69) is 24.9 Å². The van der Waals surface area contributed by atoms with Gasteiger partial charge in [0.15, 0.2) is 0 Å². The number of carbonyl (C=O) groups is 2. The molecule has 2 aromatic rings. The summed E-state index contributed by atoms with van der Waals surface area (Å²) >= 11 is 1.20. The van der Waals surface area contributed by atoms with Gasteiger partial charge in [0, 0.05) is 55.6 Å². The summed E-state index contributed by atoms with van der Waals surface area (Å²) in [5.74, 6) is 0.808. The standard InChI is InChI=1S/C19H25N5O2S/c1-12(2)17-21-19(27-23-17)22-18(26)15-6-4-5-14(9-15)10-24-8-7-16(11-24)20-13(3)25/h4-6,9,12,16H,7-8,10-11H2,1-3H3,(H,20,25)(H,21,22,23,26). The van der Waals surface area contributed by atoms with Crippen LogP contribution in [-0.4, -0.2) is 45.2 Å². The average Bonchev–Trinajstić information content (AvgIpc) is 3.24. The van der Waals surface area contributed by atoms with Crippen molar-refractivity contribution >= 4 is 28.5 Å². The Balaban J connectivity index is 1.59. The van der Waals surface area contributed by atoms with Gasteiger partial charge >= 0.3 is 0 Å². The van der Waals surface area contributed by atoms with Gasteiger partial charge in [0.2, 0.25) is 11.0 Å². The van der Waals surface area contributed by atoms with Crippen molar-refractivity contribution in [3.63, 3.8) is 0 Å². The smallest absolute Gasteiger partial charge is 0.257 e. The molecule has 144 valence electrons. The lowest BCUT2D eigenvalue weighted by molar-refractivity contribution is -0.119. The normalized spacial score (nSPS) is 17.3. The van der Waals surface area contributed by atoms with Gasteiger partial charge in [-0.15, -0.1) is 0 Å². The third-order valence-corrected chi connectivity index (χ3v) is 5.10. The molecule has 1 aromatic carbocycles. The van der Waals surface area contributed by atoms with Crippen LogP contribution in [0.15, 0.2) is 24.3 Å². The molecule has 3 rings (SSSR count). The Morgan fingerprint density at radius 1 is 1.37 bits per heavy atom. The van der Waals surface area contributed by atoms with Gasteiger partial charge in [0.05, 0.1) is 0 Å². The van der Waals surface area contributed by atoms with E-state index in [4.69, 9.17) is 0 Å². The van der Waals surface area contributed by atoms with E-state index in [-0.39, 0.29) is 23.8 Å². The summed E-state index contributed by atoms with van der Waals surface area (Å²) in [6.07, 6.45) is 0.953. The fraction of sp³-hybridized carbons (Fsp3) is 0.474. The van der Waals surface area contributed by atoms with Gasteiger partial charge in [0.1, 0.15) is 5.82 Å². The largest absolute Gasteiger partial charge is 0.352 e. The molecule has 0 spiro atoms. The van der Waals surface area contributed by atoms with E-state index in [1.54, 1.807) is 13.0 Å². The van der Waals surface area contributed by atoms with Crippen LogP contribution >= 0.6 is 11.5 Å². The van der Waals surface area contributed by atoms with Crippen LogP contribution in [-0.2, 0) is 11.3 Å². The summed E-state index contributed by atoms with van der Waals surface area (Å²) in [4.78, 5) is 30.3. The molecule has 1 aromatic heterocycles. The fourth-order valence-electron chi connectivity index (χ4n) is 3.14. The molecular weight excluding hydrogens is 362 g/mol. The summed E-state index contributed by atoms with van der Waals surface area (Å²) in [5.41, 5.74) is 1.68. The van der Waals surface area contributed by atoms with E-state index >= 15 is 0 Å². The zero-order valence-corrected chi connectivity index (χ0v) is 16.7. The second-order valence-corrected chi connectivity index (χ2v) is 7.94. The SMILES string of the molecule is CC(=O)NC1CCN(Cc2cccc(C(=O)Nc3nc(C(C)C)ns3)c2)C1. The predicted molar refractivity (Wildman–Crippen MR) is 106 cm³/mol. The summed E-state index contributed by atoms with van der Waals surface area (Å²) in [6, 6.07) is 7.83. The minimum Gasteiger partial charge on any atom is -0.352 e. The van der Waals surface area contributed by atoms with Crippen LogP contribution in [0.5, 0.6) is 0 Å². The van der Waals surface area contributed by atoms with Crippen molar-refractivity contribution in [1.29, 1.82) is 0 Å². The van der Waals surface area contributed by atoms with E-state index in [1.807, 2.05) is 32.0 Å². The molecule has 1 fully saturated rings. The molecule has 27 heavy (non-hydrogen) atoms. The first kappa shape index (κ1) is 19.4. The Kier molecular flexibility index (Phi) is 6.18. The van der Waals surface area contributed by atoms with Crippen LogP contribution in [0.4, 0.5) is 5.13 Å². The predicted octanol–water partition coefficient (Wildman–Crippen LogP) is 2.62. The third-order valence-electron chi connectivity index (χ3n) is 4.45. The first-order chi connectivity index (χ1) is 12.9. The molecule has 2 heterocycles. The number of hydrogen-bond acceptors (Lipinski definition) is 6. The summed E-state index contributed by atoms with van der Waals surface area (Å²) in [6.45, 7) is 8.11. The number of amides is 2. The van der Waals surface area contributed by atoms with Gasteiger partial charge in [-0.25, -0.2) is 4.98 Å². The van der Waals surface area contributed by atoms with Gasteiger partial charge in [-0.05, 0) is 24.1 Å². The minimum atomic E-state index is -0.180. The number of benzene rings is 1. The lowest BCUT2D eigenvalue weighted by Gasteiger charge is -2.16. The third kappa shape index (κ3) is 5.33. The molecule has 1 atom stereocenters. The number of hydrogen-bond donors (Lipinski definition) is 2. The van der Waals surface area contributed by atoms with E-state index in [1.165, 1.54) is 11.5 Å². The zero-order valence-electron chi connectivity index (χ0n) is 15.9. The van der Waals surface area contributed by atoms with Crippen LogP contribution in [0.25, 0.3) is 0 Å². The van der Waals surface area contributed by atoms with E-state index < -0.39 is 0 Å². The molecule has 2 N–H and O–H groups in total. The summed E-state index contributed by atoms with van der Waals surface area (Å²) < 4.78 is 4.26. The Hall–Kier alpha value is -2.32. The van der Waals surface area contributed by atoms with Crippen LogP contribution in [0.3, 0.4) is 0 Å². The molecule has 0 bridgehead atoms. The highest BCUT2D eigenvalue weighted by molar-refractivity contribution is 7.09. The molecule has 0 saturated carbocycles. The van der Waals surface area contributed by atoms with E-state index in [9.17, 15) is 9.59 Å². The van der Waals surface area contributed by atoms with Gasteiger partial charge in [0.25, 0.3) is 5.91 Å². The van der Waals surface area contributed by atoms with Gasteiger partial charge in [-0.3, -0.25) is 19.8 Å². The van der Waals surface area contributed by atoms with Crippen LogP contribution in [0.2, 0.25) is 0 Å². The van der Waals surface area contributed by atoms with Crippen LogP contribution < -0.4 is 10.6 Å². The lowest BCUT2D eigenvalue weighted by atomic mass is 10.1. The monoisotopic (exact) mass is 387 g/mol. The number of aromatic nitrogens is 2.